The molecule has 0 aliphatic rings. The van der Waals surface area contributed by atoms with Crippen LogP contribution in [0.4, 0.5) is 0 Å². The van der Waals surface area contributed by atoms with Crippen molar-refractivity contribution in [1.82, 2.24) is 20.0 Å². The summed E-state index contributed by atoms with van der Waals surface area (Å²) in [4.78, 5) is 58.2. The van der Waals surface area contributed by atoms with E-state index in [1.54, 1.807) is 0 Å². The monoisotopic (exact) mass is 561 g/mol. The Kier molecular flexibility index (Phi) is 16.8. The molecule has 0 aromatic rings. The van der Waals surface area contributed by atoms with Gasteiger partial charge in [-0.2, -0.15) is 0 Å². The van der Waals surface area contributed by atoms with Crippen molar-refractivity contribution in [2.45, 2.75) is 0 Å². The first-order valence-corrected chi connectivity index (χ1v) is 8.22. The fourth-order valence-electron chi connectivity index (χ4n) is 2.28. The molecule has 165 valence electrons. The Labute approximate surface area is 199 Å². The molecule has 0 aromatic heterocycles. The zero-order chi connectivity index (χ0) is 21.7. The summed E-state index contributed by atoms with van der Waals surface area (Å²) in [6.07, 6.45) is 0. The molecule has 0 bridgehead atoms. The Morgan fingerprint density at radius 1 is 0.690 bits per heavy atom. The van der Waals surface area contributed by atoms with Gasteiger partial charge < -0.3 is 40.1 Å². The molecule has 0 fully saturated rings. The fraction of sp³-hybridized carbons (Fsp3) is 0.667. The predicted molar refractivity (Wildman–Crippen MR) is 86.0 cm³/mol. The van der Waals surface area contributed by atoms with Crippen molar-refractivity contribution in [3.8, 4) is 0 Å². The van der Waals surface area contributed by atoms with E-state index in [-0.39, 0.29) is 72.7 Å². The first-order chi connectivity index (χ1) is 13.0. The zero-order valence-electron chi connectivity index (χ0n) is 15.8. The molecule has 13 nitrogen and oxygen atoms in total. The van der Waals surface area contributed by atoms with Gasteiger partial charge in [0.2, 0.25) is 5.91 Å². The average Bonchev–Trinajstić information content (AvgIpc) is 2.54. The van der Waals surface area contributed by atoms with Crippen LogP contribution >= 0.6 is 0 Å². The van der Waals surface area contributed by atoms with Gasteiger partial charge >= 0.3 is 45.9 Å². The largest absolute Gasteiger partial charge is 3.00 e. The molecule has 29 heavy (non-hydrogen) atoms. The number of hydrogen-bond donors (Lipinski definition) is 2. The third kappa shape index (κ3) is 17.1. The van der Waals surface area contributed by atoms with Crippen LogP contribution in [0.3, 0.4) is 0 Å². The summed E-state index contributed by atoms with van der Waals surface area (Å²) in [5.74, 6) is -6.05. The number of nitrogens with one attached hydrogen (secondary N) is 1. The molecule has 0 spiro atoms. The van der Waals surface area contributed by atoms with Gasteiger partial charge in [-0.25, -0.2) is 0 Å². The Hall–Kier alpha value is -1.45. The first-order valence-electron chi connectivity index (χ1n) is 8.22. The minimum atomic E-state index is -1.49. The molecule has 0 unspecified atom stereocenters. The van der Waals surface area contributed by atoms with E-state index < -0.39 is 56.0 Å². The second-order valence-electron chi connectivity index (χ2n) is 5.88. The number of aliphatic carboxylic acids is 4. The summed E-state index contributed by atoms with van der Waals surface area (Å²) in [6.45, 7) is -2.72. The number of amides is 1. The number of rotatable bonds is 16. The summed E-state index contributed by atoms with van der Waals surface area (Å²) in [6, 6.07) is 0. The van der Waals surface area contributed by atoms with Gasteiger partial charge in [0.05, 0.1) is 31.0 Å². The minimum absolute atomic E-state index is 0. The van der Waals surface area contributed by atoms with Gasteiger partial charge in [-0.15, -0.1) is 0 Å². The minimum Gasteiger partial charge on any atom is -0.549 e. The van der Waals surface area contributed by atoms with Gasteiger partial charge in [-0.3, -0.25) is 24.3 Å². The number of carbonyl (C=O) groups is 5. The maximum Gasteiger partial charge on any atom is 3.00 e. The van der Waals surface area contributed by atoms with Gasteiger partial charge in [0.15, 0.2) is 0 Å². The zero-order valence-corrected chi connectivity index (χ0v) is 18.0. The van der Waals surface area contributed by atoms with E-state index in [2.05, 4.69) is 5.32 Å². The van der Waals surface area contributed by atoms with Gasteiger partial charge in [0.25, 0.3) is 0 Å². The predicted octanol–water partition coefficient (Wildman–Crippen LogP) is -7.03. The Balaban J connectivity index is 0. The van der Waals surface area contributed by atoms with Gasteiger partial charge in [-0.1, -0.05) is 0 Å². The number of carboxylic acid groups (broad SMARTS) is 4. The summed E-state index contributed by atoms with van der Waals surface area (Å²) < 4.78 is 0. The van der Waals surface area contributed by atoms with E-state index in [4.69, 9.17) is 5.11 Å². The van der Waals surface area contributed by atoms with Crippen molar-refractivity contribution in [2.75, 3.05) is 66.0 Å². The first kappa shape index (κ1) is 29.8. The van der Waals surface area contributed by atoms with E-state index in [0.717, 1.165) is 4.90 Å². The van der Waals surface area contributed by atoms with Crippen molar-refractivity contribution in [3.63, 3.8) is 0 Å². The van der Waals surface area contributed by atoms with E-state index in [1.165, 1.54) is 16.8 Å². The molecule has 0 heterocycles. The molecule has 0 saturated carbocycles. The molecule has 1 amide bonds. The van der Waals surface area contributed by atoms with Crippen molar-refractivity contribution >= 4 is 29.8 Å². The van der Waals surface area contributed by atoms with Gasteiger partial charge in [0.1, 0.15) is 0 Å². The molecule has 0 aliphatic heterocycles. The molecule has 0 saturated heterocycles. The molecule has 0 rings (SSSR count). The van der Waals surface area contributed by atoms with Crippen LogP contribution in [0.1, 0.15) is 0 Å². The number of nitrogens with zero attached hydrogens (tertiary/aromatic N) is 3. The topological polar surface area (TPSA) is 197 Å². The molecule has 0 atom stereocenters. The second kappa shape index (κ2) is 16.4. The summed E-state index contributed by atoms with van der Waals surface area (Å²) in [7, 11) is 1.37. The molecular weight excluding hydrogens is 537 g/mol. The Morgan fingerprint density at radius 2 is 1.03 bits per heavy atom. The molecule has 14 heteroatoms. The number of hydrogen-bond acceptors (Lipinski definition) is 11. The van der Waals surface area contributed by atoms with Crippen LogP contribution in [0.5, 0.6) is 0 Å². The molecule has 2 N–H and O–H groups in total. The summed E-state index contributed by atoms with van der Waals surface area (Å²) in [5.41, 5.74) is 0. The number of carboxylic acids is 4. The van der Waals surface area contributed by atoms with Gasteiger partial charge in [-0.05, 0) is 0 Å². The third-order valence-corrected chi connectivity index (χ3v) is 3.53. The van der Waals surface area contributed by atoms with Crippen molar-refractivity contribution in [2.24, 2.45) is 0 Å². The quantitative estimate of drug-likeness (QED) is 0.181. The molecular formula is C15H23GdN4O9. The van der Waals surface area contributed by atoms with Crippen molar-refractivity contribution < 1.29 is 84.3 Å². The van der Waals surface area contributed by atoms with E-state index in [0.29, 0.717) is 0 Å². The van der Waals surface area contributed by atoms with Gasteiger partial charge in [0, 0.05) is 52.9 Å². The third-order valence-electron chi connectivity index (χ3n) is 3.53. The van der Waals surface area contributed by atoms with Crippen LogP contribution in [0, 0.1) is 39.9 Å². The Bertz CT molecular complexity index is 560. The smallest absolute Gasteiger partial charge is 0.549 e. The van der Waals surface area contributed by atoms with Crippen LogP contribution in [-0.4, -0.2) is 116 Å². The van der Waals surface area contributed by atoms with Crippen molar-refractivity contribution in [1.29, 1.82) is 0 Å². The average molecular weight is 561 g/mol. The van der Waals surface area contributed by atoms with Crippen LogP contribution in [0.2, 0.25) is 0 Å². The van der Waals surface area contributed by atoms with E-state index in [1.807, 2.05) is 0 Å². The maximum atomic E-state index is 11.4. The van der Waals surface area contributed by atoms with E-state index in [9.17, 15) is 39.3 Å². The molecule has 1 radical (unpaired) electrons. The van der Waals surface area contributed by atoms with Crippen LogP contribution < -0.4 is 20.6 Å². The fourth-order valence-corrected chi connectivity index (χ4v) is 2.28. The maximum absolute atomic E-state index is 11.4. The van der Waals surface area contributed by atoms with Crippen LogP contribution in [0.25, 0.3) is 0 Å². The SMILES string of the molecule is CNC(=O)CN(CCN(CCN(CC(=O)[O-])CC(=O)O)CC(=O)[O-])CC(=O)[O-].[Gd+3]. The number of likely N-dealkylation sites (N-methyl/N-ethyl adjacent to an activating group) is 1. The van der Waals surface area contributed by atoms with Crippen LogP contribution in [-0.2, 0) is 24.0 Å². The summed E-state index contributed by atoms with van der Waals surface area (Å²) >= 11 is 0. The van der Waals surface area contributed by atoms with Crippen molar-refractivity contribution in [3.05, 3.63) is 0 Å². The standard InChI is InChI=1S/C15H26N4O9.Gd/c1-16-11(20)6-18(8-13(23)24)4-2-17(7-12(21)22)3-5-19(9-14(25)26)10-15(27)28;/h2-10H2,1H3,(H,16,20)(H,21,22)(H,23,24)(H,25,26)(H,27,28);/q;+3/p-3. The number of carbonyl (C=O) groups excluding carboxylic acids is 4. The second-order valence-corrected chi connectivity index (χ2v) is 5.88. The van der Waals surface area contributed by atoms with E-state index >= 15 is 0 Å². The molecule has 0 aromatic carbocycles. The molecule has 0 aliphatic carbocycles. The Morgan fingerprint density at radius 3 is 1.38 bits per heavy atom. The normalized spacial score (nSPS) is 10.6. The summed E-state index contributed by atoms with van der Waals surface area (Å²) in [5, 5.41) is 43.5. The van der Waals surface area contributed by atoms with Crippen LogP contribution in [0.15, 0.2) is 0 Å².